The Labute approximate surface area is 440 Å². The van der Waals surface area contributed by atoms with E-state index >= 15 is 0 Å². The molecule has 0 radical (unpaired) electrons. The Hall–Kier alpha value is -3.95. The molecule has 0 aromatic carbocycles. The van der Waals surface area contributed by atoms with Crippen molar-refractivity contribution in [2.75, 3.05) is 66.3 Å². The van der Waals surface area contributed by atoms with Gasteiger partial charge >= 0.3 is 41.9 Å². The first-order valence-corrected chi connectivity index (χ1v) is 29.0. The lowest BCUT2D eigenvalue weighted by molar-refractivity contribution is -0.166. The van der Waals surface area contributed by atoms with Crippen LogP contribution in [0.3, 0.4) is 0 Å². The van der Waals surface area contributed by atoms with Crippen molar-refractivity contribution in [3.63, 3.8) is 0 Å². The van der Waals surface area contributed by atoms with Gasteiger partial charge in [-0.2, -0.15) is 0 Å². The minimum absolute atomic E-state index is 0.0138. The van der Waals surface area contributed by atoms with E-state index in [4.69, 9.17) is 33.2 Å². The quantitative estimate of drug-likeness (QED) is 0.0318. The van der Waals surface area contributed by atoms with E-state index in [-0.39, 0.29) is 121 Å². The van der Waals surface area contributed by atoms with Crippen LogP contribution in [-0.2, 0) is 61.9 Å². The highest BCUT2D eigenvalue weighted by atomic mass is 16.6. The van der Waals surface area contributed by atoms with Crippen LogP contribution in [0.25, 0.3) is 0 Å². The zero-order chi connectivity index (χ0) is 53.3. The van der Waals surface area contributed by atoms with E-state index in [1.807, 2.05) is 7.05 Å². The first kappa shape index (κ1) is 65.2. The molecule has 2 rings (SSSR count). The third-order valence-corrected chi connectivity index (χ3v) is 13.6. The van der Waals surface area contributed by atoms with Crippen LogP contribution < -0.4 is 0 Å². The Morgan fingerprint density at radius 3 is 1.00 bits per heavy atom. The van der Waals surface area contributed by atoms with Gasteiger partial charge in [-0.15, -0.1) is 0 Å². The molecule has 2 aliphatic rings. The number of piperidine rings is 1. The summed E-state index contributed by atoms with van der Waals surface area (Å²) in [7, 11) is 1.98. The van der Waals surface area contributed by atoms with Gasteiger partial charge in [-0.25, -0.2) is 4.79 Å². The Morgan fingerprint density at radius 1 is 0.397 bits per heavy atom. The maximum absolute atomic E-state index is 13.7. The fraction of sp³-hybridized carbons (Fsp3) is 0.877. The van der Waals surface area contributed by atoms with Crippen molar-refractivity contribution in [2.24, 2.45) is 17.8 Å². The highest BCUT2D eigenvalue weighted by Gasteiger charge is 2.37. The SMILES string of the molecule is CCCCCCCCC(=O)OCC(COC(=O)CCCCCCCC)CC(=O)O[C@@H]1C[C@@H](OC(=O)CC(COC(=O)CCCCCCCC)COC(=O)CCCCCCCC)CN(C(=O)OCC2CN(C)C2)C1. The van der Waals surface area contributed by atoms with Crippen LogP contribution in [0.1, 0.15) is 227 Å². The number of amides is 1. The zero-order valence-electron chi connectivity index (χ0n) is 46.3. The number of carbonyl (C=O) groups excluding carboxylic acids is 7. The first-order chi connectivity index (χ1) is 35.3. The molecule has 1 amide bonds. The van der Waals surface area contributed by atoms with Crippen molar-refractivity contribution in [2.45, 2.75) is 239 Å². The maximum atomic E-state index is 13.7. The highest BCUT2D eigenvalue weighted by molar-refractivity contribution is 5.73. The zero-order valence-corrected chi connectivity index (χ0v) is 46.3. The molecule has 0 bridgehead atoms. The Kier molecular flexibility index (Phi) is 37.8. The highest BCUT2D eigenvalue weighted by Crippen LogP contribution is 2.23. The fourth-order valence-corrected chi connectivity index (χ4v) is 9.14. The Balaban J connectivity index is 2.14. The number of unbranched alkanes of at least 4 members (excludes halogenated alkanes) is 20. The summed E-state index contributed by atoms with van der Waals surface area (Å²) < 4.78 is 40.0. The van der Waals surface area contributed by atoms with Gasteiger partial charge in [-0.3, -0.25) is 28.8 Å². The van der Waals surface area contributed by atoms with E-state index in [1.165, 1.54) is 4.90 Å². The van der Waals surface area contributed by atoms with Crippen molar-refractivity contribution in [3.8, 4) is 0 Å². The number of hydrogen-bond donors (Lipinski definition) is 0. The van der Waals surface area contributed by atoms with E-state index in [0.29, 0.717) is 25.7 Å². The summed E-state index contributed by atoms with van der Waals surface area (Å²) in [6, 6.07) is 0. The summed E-state index contributed by atoms with van der Waals surface area (Å²) in [4.78, 5) is 95.5. The summed E-state index contributed by atoms with van der Waals surface area (Å²) in [6.45, 7) is 9.81. The normalized spacial score (nSPS) is 16.0. The molecule has 422 valence electrons. The smallest absolute Gasteiger partial charge is 0.410 e. The maximum Gasteiger partial charge on any atom is 0.410 e. The largest absolute Gasteiger partial charge is 0.465 e. The van der Waals surface area contributed by atoms with E-state index in [9.17, 15) is 33.6 Å². The van der Waals surface area contributed by atoms with Crippen molar-refractivity contribution in [3.05, 3.63) is 0 Å². The van der Waals surface area contributed by atoms with E-state index in [0.717, 1.165) is 142 Å². The van der Waals surface area contributed by atoms with Gasteiger partial charge in [0.1, 0.15) is 12.2 Å². The molecule has 16 nitrogen and oxygen atoms in total. The van der Waals surface area contributed by atoms with Gasteiger partial charge in [0, 0.05) is 62.9 Å². The molecule has 0 aliphatic carbocycles. The summed E-state index contributed by atoms with van der Waals surface area (Å²) in [5, 5.41) is 0. The third-order valence-electron chi connectivity index (χ3n) is 13.6. The molecule has 2 aliphatic heterocycles. The number of likely N-dealkylation sites (tertiary alicyclic amines) is 2. The van der Waals surface area contributed by atoms with Gasteiger partial charge in [-0.05, 0) is 32.7 Å². The molecule has 0 spiro atoms. The Morgan fingerprint density at radius 2 is 0.699 bits per heavy atom. The van der Waals surface area contributed by atoms with Crippen LogP contribution in [0.15, 0.2) is 0 Å². The van der Waals surface area contributed by atoms with Gasteiger partial charge in [0.15, 0.2) is 0 Å². The fourth-order valence-electron chi connectivity index (χ4n) is 9.14. The summed E-state index contributed by atoms with van der Waals surface area (Å²) in [5.74, 6) is -4.00. The predicted octanol–water partition coefficient (Wildman–Crippen LogP) is 11.4. The van der Waals surface area contributed by atoms with Crippen LogP contribution in [0.5, 0.6) is 0 Å². The van der Waals surface area contributed by atoms with Crippen LogP contribution >= 0.6 is 0 Å². The topological polar surface area (TPSA) is 191 Å². The number of nitrogens with zero attached hydrogens (tertiary/aromatic N) is 2. The van der Waals surface area contributed by atoms with Gasteiger partial charge in [0.25, 0.3) is 0 Å². The number of esters is 6. The van der Waals surface area contributed by atoms with Crippen LogP contribution in [-0.4, -0.2) is 130 Å². The second-order valence-corrected chi connectivity index (χ2v) is 21.0. The average molecular weight is 1040 g/mol. The predicted molar refractivity (Wildman–Crippen MR) is 280 cm³/mol. The summed E-state index contributed by atoms with van der Waals surface area (Å²) in [5.41, 5.74) is 0. The molecule has 2 saturated heterocycles. The molecule has 2 fully saturated rings. The number of ether oxygens (including phenoxy) is 7. The van der Waals surface area contributed by atoms with E-state index in [2.05, 4.69) is 32.6 Å². The lowest BCUT2D eigenvalue weighted by atomic mass is 10.0. The summed E-state index contributed by atoms with van der Waals surface area (Å²) in [6.07, 6.45) is 22.6. The van der Waals surface area contributed by atoms with Gasteiger partial charge in [-0.1, -0.05) is 156 Å². The molecule has 0 saturated carbocycles. The van der Waals surface area contributed by atoms with Crippen molar-refractivity contribution in [1.29, 1.82) is 0 Å². The second-order valence-electron chi connectivity index (χ2n) is 21.0. The first-order valence-electron chi connectivity index (χ1n) is 29.0. The molecular weight excluding hydrogens is 937 g/mol. The minimum Gasteiger partial charge on any atom is -0.465 e. The van der Waals surface area contributed by atoms with Crippen molar-refractivity contribution in [1.82, 2.24) is 9.80 Å². The van der Waals surface area contributed by atoms with E-state index in [1.54, 1.807) is 0 Å². The minimum atomic E-state index is -0.894. The molecule has 0 aromatic rings. The molecule has 2 heterocycles. The molecule has 2 atom stereocenters. The van der Waals surface area contributed by atoms with Crippen molar-refractivity contribution >= 4 is 41.9 Å². The third kappa shape index (κ3) is 34.3. The number of hydrogen-bond acceptors (Lipinski definition) is 15. The lowest BCUT2D eigenvalue weighted by Crippen LogP contribution is -2.52. The monoisotopic (exact) mass is 1040 g/mol. The van der Waals surface area contributed by atoms with Gasteiger partial charge in [0.2, 0.25) is 0 Å². The molecule has 0 unspecified atom stereocenters. The Bertz CT molecular complexity index is 1370. The van der Waals surface area contributed by atoms with Crippen molar-refractivity contribution < 1.29 is 66.7 Å². The lowest BCUT2D eigenvalue weighted by Gasteiger charge is -2.38. The number of carbonyl (C=O) groups is 7. The molecule has 16 heteroatoms. The van der Waals surface area contributed by atoms with Gasteiger partial charge < -0.3 is 43.0 Å². The molecule has 73 heavy (non-hydrogen) atoms. The molecule has 0 aromatic heterocycles. The van der Waals surface area contributed by atoms with E-state index < -0.39 is 42.1 Å². The van der Waals surface area contributed by atoms with Crippen LogP contribution in [0.4, 0.5) is 4.79 Å². The second kappa shape index (κ2) is 42.3. The molecular formula is C57H100N2O14. The number of rotatable bonds is 44. The average Bonchev–Trinajstić information content (AvgIpc) is 3.35. The molecule has 0 N–H and O–H groups in total. The van der Waals surface area contributed by atoms with Crippen LogP contribution in [0, 0.1) is 17.8 Å². The van der Waals surface area contributed by atoms with Crippen LogP contribution in [0.2, 0.25) is 0 Å². The summed E-state index contributed by atoms with van der Waals surface area (Å²) >= 11 is 0. The van der Waals surface area contributed by atoms with Gasteiger partial charge in [0.05, 0.1) is 59.0 Å². The standard InChI is InChI=1S/C57H100N2O14/c1-6-10-14-18-22-26-30-51(60)67-41-46(42-68-52(61)31-27-23-19-15-11-7-2)34-55(64)72-49-36-50(40-59(39-49)57(66)71-45-48-37-58(5)38-48)73-56(65)35-47(43-69-53(62)32-28-24-20-16-12-8-3)44-70-54(63)33-29-25-21-17-13-9-4/h46-50H,6-45H2,1-5H3/t49-,50-/m1/s1.